The molecular formula is C52H90N16O17. The largest absolute Gasteiger partial charge is 0.481 e. The van der Waals surface area contributed by atoms with Crippen LogP contribution in [0.5, 0.6) is 0 Å². The molecule has 0 aromatic heterocycles. The van der Waals surface area contributed by atoms with Crippen molar-refractivity contribution in [3.63, 3.8) is 0 Å². The average molecular weight is 1210 g/mol. The lowest BCUT2D eigenvalue weighted by Crippen LogP contribution is -2.62. The molecule has 1 aliphatic rings. The summed E-state index contributed by atoms with van der Waals surface area (Å²) < 4.78 is 0. The molecule has 0 aromatic rings. The number of amides is 9. The first-order chi connectivity index (χ1) is 39.7. The monoisotopic (exact) mass is 1210 g/mol. The fourth-order valence-corrected chi connectivity index (χ4v) is 8.72. The zero-order chi connectivity index (χ0) is 64.8. The van der Waals surface area contributed by atoms with Gasteiger partial charge in [0.05, 0.1) is 12.5 Å². The number of nitrogens with two attached hydrogens (primary N) is 5. The Labute approximate surface area is 492 Å². The summed E-state index contributed by atoms with van der Waals surface area (Å²) in [5.41, 5.74) is 27.3. The summed E-state index contributed by atoms with van der Waals surface area (Å²) in [7, 11) is 0. The standard InChI is InChI=1S/C52H90N16O17/c1-8-26(5)39(67-48(82)40(27(6)9-2)66-41(75)28(7)60-42(76)29(53)13-10-20-58-51(54)55)47(81)61-30(16-18-36(69)70)43(77)65-34(24-38(73)74)45(79)64-33(23-25(3)4)44(78)62-31(17-19-37(71)72)49(83)68-22-12-15-35(68)46(80)63-32(50(84)85)14-11-21-59-52(56)57/h25-35,39-40H,8-24,53H2,1-7H3,(H,60,76)(H,61,81)(H,62,78)(H,63,80)(H,64,79)(H,65,77)(H,66,75)(H,67,82)(H,69,70)(H,71,72)(H,73,74)(H,84,85)(H4,54,55,58)(H4,56,57,59)/t26-,27-,28-,29-,30-,31-,32-,33-,34-,35-,39-,40-/m0/s1. The molecule has 1 rings (SSSR count). The van der Waals surface area contributed by atoms with Crippen LogP contribution in [-0.4, -0.2) is 194 Å². The van der Waals surface area contributed by atoms with Gasteiger partial charge in [0, 0.05) is 32.5 Å². The van der Waals surface area contributed by atoms with Gasteiger partial charge in [-0.1, -0.05) is 54.4 Å². The minimum Gasteiger partial charge on any atom is -0.481 e. The Morgan fingerprint density at radius 3 is 1.47 bits per heavy atom. The number of hydrogen-bond acceptors (Lipinski definition) is 16. The Bertz CT molecular complexity index is 2400. The Hall–Kier alpha value is -8.39. The summed E-state index contributed by atoms with van der Waals surface area (Å²) in [6.45, 7) is 11.5. The molecule has 0 unspecified atom stereocenters. The van der Waals surface area contributed by atoms with E-state index in [4.69, 9.17) is 28.7 Å². The molecule has 0 aliphatic carbocycles. The average Bonchev–Trinajstić information content (AvgIpc) is 4.17. The highest BCUT2D eigenvalue weighted by atomic mass is 16.4. The van der Waals surface area contributed by atoms with Crippen LogP contribution in [0.2, 0.25) is 0 Å². The van der Waals surface area contributed by atoms with Gasteiger partial charge in [0.2, 0.25) is 53.2 Å². The molecule has 33 heteroatoms. The molecule has 1 fully saturated rings. The van der Waals surface area contributed by atoms with Crippen molar-refractivity contribution < 1.29 is 82.8 Å². The lowest BCUT2D eigenvalue weighted by molar-refractivity contribution is -0.145. The van der Waals surface area contributed by atoms with Crippen LogP contribution in [0.15, 0.2) is 9.98 Å². The van der Waals surface area contributed by atoms with E-state index < -0.39 is 187 Å². The second kappa shape index (κ2) is 37.7. The van der Waals surface area contributed by atoms with Crippen LogP contribution in [0, 0.1) is 17.8 Å². The molecular weight excluding hydrogens is 1120 g/mol. The number of rotatable bonds is 40. The lowest BCUT2D eigenvalue weighted by atomic mass is 9.94. The maximum atomic E-state index is 14.2. The van der Waals surface area contributed by atoms with Gasteiger partial charge in [0.25, 0.3) is 0 Å². The van der Waals surface area contributed by atoms with Crippen LogP contribution in [0.1, 0.15) is 138 Å². The van der Waals surface area contributed by atoms with Gasteiger partial charge < -0.3 is 96.5 Å². The van der Waals surface area contributed by atoms with E-state index in [0.29, 0.717) is 12.8 Å². The fourth-order valence-electron chi connectivity index (χ4n) is 8.72. The molecule has 12 atom stereocenters. The highest BCUT2D eigenvalue weighted by Gasteiger charge is 2.41. The smallest absolute Gasteiger partial charge is 0.326 e. The molecule has 33 nitrogen and oxygen atoms in total. The van der Waals surface area contributed by atoms with E-state index in [1.54, 1.807) is 41.5 Å². The van der Waals surface area contributed by atoms with Crippen molar-refractivity contribution in [2.75, 3.05) is 19.6 Å². The molecule has 1 aliphatic heterocycles. The maximum absolute atomic E-state index is 14.2. The Kier molecular flexibility index (Phi) is 33.1. The van der Waals surface area contributed by atoms with Gasteiger partial charge in [-0.05, 0) is 82.5 Å². The number of carboxylic acids is 4. The first-order valence-corrected chi connectivity index (χ1v) is 28.2. The summed E-state index contributed by atoms with van der Waals surface area (Å²) >= 11 is 0. The molecule has 9 amide bonds. The van der Waals surface area contributed by atoms with E-state index in [1.165, 1.54) is 6.92 Å². The third-order valence-corrected chi connectivity index (χ3v) is 13.9. The first-order valence-electron chi connectivity index (χ1n) is 28.2. The third-order valence-electron chi connectivity index (χ3n) is 13.9. The van der Waals surface area contributed by atoms with E-state index in [2.05, 4.69) is 52.5 Å². The quantitative estimate of drug-likeness (QED) is 0.0157. The Morgan fingerprint density at radius 2 is 0.976 bits per heavy atom. The summed E-state index contributed by atoms with van der Waals surface area (Å²) in [5.74, 6) is -16.5. The third kappa shape index (κ3) is 27.7. The van der Waals surface area contributed by atoms with Gasteiger partial charge in [-0.3, -0.25) is 67.5 Å². The number of likely N-dealkylation sites (tertiary alicyclic amines) is 1. The number of hydrogen-bond donors (Lipinski definition) is 17. The second-order valence-electron chi connectivity index (χ2n) is 21.4. The van der Waals surface area contributed by atoms with Crippen molar-refractivity contribution in [3.8, 4) is 0 Å². The lowest BCUT2D eigenvalue weighted by Gasteiger charge is -2.31. The van der Waals surface area contributed by atoms with Crippen LogP contribution >= 0.6 is 0 Å². The Morgan fingerprint density at radius 1 is 0.518 bits per heavy atom. The number of carbonyl (C=O) groups is 13. The van der Waals surface area contributed by atoms with E-state index >= 15 is 0 Å². The van der Waals surface area contributed by atoms with E-state index in [1.807, 2.05) is 0 Å². The Balaban J connectivity index is 3.48. The predicted octanol–water partition coefficient (Wildman–Crippen LogP) is -4.26. The molecule has 85 heavy (non-hydrogen) atoms. The zero-order valence-electron chi connectivity index (χ0n) is 49.4. The van der Waals surface area contributed by atoms with Crippen LogP contribution in [0.3, 0.4) is 0 Å². The van der Waals surface area contributed by atoms with Crippen molar-refractivity contribution in [3.05, 3.63) is 0 Å². The molecule has 0 radical (unpaired) electrons. The zero-order valence-corrected chi connectivity index (χ0v) is 49.4. The highest BCUT2D eigenvalue weighted by Crippen LogP contribution is 2.21. The number of aliphatic imine (C=N–C) groups is 2. The molecule has 1 saturated heterocycles. The number of aliphatic carboxylic acids is 4. The van der Waals surface area contributed by atoms with Crippen molar-refractivity contribution in [2.45, 2.75) is 199 Å². The van der Waals surface area contributed by atoms with E-state index in [-0.39, 0.29) is 76.5 Å². The number of guanidine groups is 2. The number of nitrogens with zero attached hydrogens (tertiary/aromatic N) is 3. The molecule has 0 saturated carbocycles. The van der Waals surface area contributed by atoms with Crippen LogP contribution in [0.25, 0.3) is 0 Å². The molecule has 1 heterocycles. The van der Waals surface area contributed by atoms with E-state index in [9.17, 15) is 82.8 Å². The van der Waals surface area contributed by atoms with Crippen molar-refractivity contribution in [1.29, 1.82) is 0 Å². The van der Waals surface area contributed by atoms with Gasteiger partial charge in [-0.15, -0.1) is 0 Å². The molecule has 480 valence electrons. The minimum absolute atomic E-state index is 0.0495. The maximum Gasteiger partial charge on any atom is 0.326 e. The number of carboxylic acid groups (broad SMARTS) is 4. The van der Waals surface area contributed by atoms with Gasteiger partial charge >= 0.3 is 23.9 Å². The predicted molar refractivity (Wildman–Crippen MR) is 306 cm³/mol. The second-order valence-corrected chi connectivity index (χ2v) is 21.4. The topological polar surface area (TPSA) is 557 Å². The molecule has 22 N–H and O–H groups in total. The van der Waals surface area contributed by atoms with Crippen molar-refractivity contribution in [2.24, 2.45) is 56.4 Å². The number of nitrogens with one attached hydrogen (secondary N) is 8. The van der Waals surface area contributed by atoms with Gasteiger partial charge in [-0.25, -0.2) is 4.79 Å². The van der Waals surface area contributed by atoms with Crippen LogP contribution in [0.4, 0.5) is 0 Å². The van der Waals surface area contributed by atoms with Crippen LogP contribution < -0.4 is 71.2 Å². The molecule has 0 spiro atoms. The van der Waals surface area contributed by atoms with Crippen molar-refractivity contribution in [1.82, 2.24) is 47.4 Å². The summed E-state index contributed by atoms with van der Waals surface area (Å²) in [6, 6.07) is -14.7. The minimum atomic E-state index is -2.02. The van der Waals surface area contributed by atoms with Gasteiger partial charge in [-0.2, -0.15) is 0 Å². The molecule has 0 aromatic carbocycles. The SMILES string of the molecule is CC[C@H](C)[C@H](NC(=O)[C@H](C)NC(=O)[C@@H](N)CCCN=C(N)N)C(=O)N[C@H](C(=O)N[C@@H](CCC(=O)O)C(=O)N[C@@H](CC(=O)O)C(=O)N[C@@H](CC(C)C)C(=O)N[C@@H](CCC(=O)O)C(=O)N1CCC[C@H]1C(=O)N[C@@H](CCCN=C(N)N)C(=O)O)[C@@H](C)CC. The van der Waals surface area contributed by atoms with Crippen LogP contribution in [-0.2, 0) is 62.3 Å². The highest BCUT2D eigenvalue weighted by molar-refractivity contribution is 5.99. The normalized spacial score (nSPS) is 16.7. The summed E-state index contributed by atoms with van der Waals surface area (Å²) in [6.07, 6.45) is -2.35. The number of carbonyl (C=O) groups excluding carboxylic acids is 9. The van der Waals surface area contributed by atoms with Gasteiger partial charge in [0.15, 0.2) is 11.9 Å². The fraction of sp³-hybridized carbons (Fsp3) is 0.712. The summed E-state index contributed by atoms with van der Waals surface area (Å²) in [5, 5.41) is 58.5. The molecule has 0 bridgehead atoms. The van der Waals surface area contributed by atoms with Gasteiger partial charge in [0.1, 0.15) is 54.4 Å². The first kappa shape index (κ1) is 74.6. The summed E-state index contributed by atoms with van der Waals surface area (Å²) in [4.78, 5) is 181. The van der Waals surface area contributed by atoms with Crippen molar-refractivity contribution >= 4 is 89.0 Å². The van der Waals surface area contributed by atoms with E-state index in [0.717, 1.165) is 4.90 Å².